The van der Waals surface area contributed by atoms with Gasteiger partial charge in [-0.25, -0.2) is 0 Å². The summed E-state index contributed by atoms with van der Waals surface area (Å²) in [4.78, 5) is 11.7. The van der Waals surface area contributed by atoms with E-state index in [0.29, 0.717) is 11.6 Å². The van der Waals surface area contributed by atoms with Crippen molar-refractivity contribution in [3.05, 3.63) is 34.9 Å². The van der Waals surface area contributed by atoms with Crippen molar-refractivity contribution in [3.63, 3.8) is 0 Å². The van der Waals surface area contributed by atoms with E-state index in [-0.39, 0.29) is 18.7 Å². The van der Waals surface area contributed by atoms with Crippen LogP contribution in [0.4, 0.5) is 0 Å². The molecule has 17 heavy (non-hydrogen) atoms. The number of hydrogen-bond acceptors (Lipinski definition) is 3. The second-order valence-electron chi connectivity index (χ2n) is 4.05. The van der Waals surface area contributed by atoms with Gasteiger partial charge in [0.15, 0.2) is 0 Å². The molecule has 92 valence electrons. The Kier molecular flexibility index (Phi) is 4.40. The summed E-state index contributed by atoms with van der Waals surface area (Å²) in [7, 11) is 0. The fraction of sp³-hybridized carbons (Fsp3) is 0.462. The summed E-state index contributed by atoms with van der Waals surface area (Å²) in [6, 6.07) is 7.28. The van der Waals surface area contributed by atoms with Crippen LogP contribution in [-0.2, 0) is 20.7 Å². The van der Waals surface area contributed by atoms with Gasteiger partial charge in [0, 0.05) is 11.4 Å². The van der Waals surface area contributed by atoms with E-state index >= 15 is 0 Å². The highest BCUT2D eigenvalue weighted by Gasteiger charge is 2.18. The molecule has 0 amide bonds. The fourth-order valence-electron chi connectivity index (χ4n) is 1.79. The topological polar surface area (TPSA) is 35.5 Å². The lowest BCUT2D eigenvalue weighted by Gasteiger charge is -2.22. The van der Waals surface area contributed by atoms with Crippen LogP contribution in [0.1, 0.15) is 24.8 Å². The van der Waals surface area contributed by atoms with Crippen LogP contribution in [0.3, 0.4) is 0 Å². The maximum atomic E-state index is 11.7. The highest BCUT2D eigenvalue weighted by Crippen LogP contribution is 2.18. The summed E-state index contributed by atoms with van der Waals surface area (Å²) in [6.07, 6.45) is 2.69. The Hall–Kier alpha value is -1.06. The Morgan fingerprint density at radius 3 is 2.94 bits per heavy atom. The zero-order valence-corrected chi connectivity index (χ0v) is 10.3. The van der Waals surface area contributed by atoms with Gasteiger partial charge in [0.05, 0.1) is 13.0 Å². The van der Waals surface area contributed by atoms with E-state index < -0.39 is 0 Å². The Morgan fingerprint density at radius 1 is 1.41 bits per heavy atom. The number of hydrogen-bond donors (Lipinski definition) is 0. The summed E-state index contributed by atoms with van der Waals surface area (Å²) in [5.41, 5.74) is 0.787. The summed E-state index contributed by atoms with van der Waals surface area (Å²) in [6.45, 7) is 0.671. The quantitative estimate of drug-likeness (QED) is 0.778. The number of rotatable bonds is 3. The van der Waals surface area contributed by atoms with Gasteiger partial charge in [-0.15, -0.1) is 0 Å². The Bertz CT molecular complexity index is 386. The van der Waals surface area contributed by atoms with Crippen LogP contribution in [-0.4, -0.2) is 18.9 Å². The van der Waals surface area contributed by atoms with E-state index in [1.807, 2.05) is 18.2 Å². The van der Waals surface area contributed by atoms with Crippen molar-refractivity contribution in [2.75, 3.05) is 6.61 Å². The first-order chi connectivity index (χ1) is 8.25. The van der Waals surface area contributed by atoms with E-state index in [0.717, 1.165) is 24.8 Å². The van der Waals surface area contributed by atoms with Gasteiger partial charge in [-0.05, 0) is 24.5 Å². The predicted molar refractivity (Wildman–Crippen MR) is 64.8 cm³/mol. The molecule has 0 saturated carbocycles. The van der Waals surface area contributed by atoms with Crippen molar-refractivity contribution >= 4 is 17.6 Å². The molecule has 4 heteroatoms. The molecule has 1 atom stereocenters. The second kappa shape index (κ2) is 6.03. The molecular weight excluding hydrogens is 240 g/mol. The number of halogens is 1. The average molecular weight is 255 g/mol. The molecule has 3 nitrogen and oxygen atoms in total. The lowest BCUT2D eigenvalue weighted by molar-refractivity contribution is -0.185. The Balaban J connectivity index is 1.86. The molecule has 2 rings (SSSR count). The molecule has 1 aliphatic rings. The van der Waals surface area contributed by atoms with Crippen LogP contribution < -0.4 is 0 Å². The number of benzene rings is 1. The molecule has 1 fully saturated rings. The van der Waals surface area contributed by atoms with Gasteiger partial charge in [0.2, 0.25) is 6.29 Å². The first kappa shape index (κ1) is 12.4. The first-order valence-electron chi connectivity index (χ1n) is 5.80. The van der Waals surface area contributed by atoms with Crippen molar-refractivity contribution in [3.8, 4) is 0 Å². The normalized spacial score (nSPS) is 19.9. The molecule has 1 unspecified atom stereocenters. The fourth-order valence-corrected chi connectivity index (χ4v) is 1.99. The van der Waals surface area contributed by atoms with Gasteiger partial charge in [0.1, 0.15) is 0 Å². The summed E-state index contributed by atoms with van der Waals surface area (Å²) >= 11 is 5.97. The zero-order chi connectivity index (χ0) is 12.1. The lowest BCUT2D eigenvalue weighted by Crippen LogP contribution is -2.26. The van der Waals surface area contributed by atoms with Gasteiger partial charge in [0.25, 0.3) is 0 Å². The number of carbonyl (C=O) groups is 1. The van der Waals surface area contributed by atoms with Crippen molar-refractivity contribution in [1.29, 1.82) is 0 Å². The minimum absolute atomic E-state index is 0.194. The van der Waals surface area contributed by atoms with Crippen LogP contribution in [0.25, 0.3) is 0 Å². The van der Waals surface area contributed by atoms with Gasteiger partial charge in [-0.1, -0.05) is 29.8 Å². The molecule has 1 aromatic rings. The van der Waals surface area contributed by atoms with Gasteiger partial charge >= 0.3 is 5.97 Å². The minimum Gasteiger partial charge on any atom is -0.436 e. The number of carbonyl (C=O) groups excluding carboxylic acids is 1. The largest absolute Gasteiger partial charge is 0.436 e. The summed E-state index contributed by atoms with van der Waals surface area (Å²) in [5, 5.41) is 0.592. The molecule has 0 aliphatic carbocycles. The minimum atomic E-state index is -0.376. The van der Waals surface area contributed by atoms with E-state index in [1.165, 1.54) is 0 Å². The molecule has 0 radical (unpaired) electrons. The van der Waals surface area contributed by atoms with Gasteiger partial charge in [-0.2, -0.15) is 0 Å². The number of esters is 1. The highest BCUT2D eigenvalue weighted by molar-refractivity contribution is 6.31. The molecule has 0 spiro atoms. The van der Waals surface area contributed by atoms with Crippen molar-refractivity contribution in [2.24, 2.45) is 0 Å². The van der Waals surface area contributed by atoms with Crippen LogP contribution in [0.2, 0.25) is 5.02 Å². The molecule has 1 aromatic carbocycles. The zero-order valence-electron chi connectivity index (χ0n) is 9.52. The Labute approximate surface area is 106 Å². The molecule has 1 heterocycles. The molecule has 0 aromatic heterocycles. The lowest BCUT2D eigenvalue weighted by atomic mass is 10.1. The smallest absolute Gasteiger partial charge is 0.312 e. The standard InChI is InChI=1S/C13H15ClO3/c14-11-6-2-1-5-10(11)9-12(15)17-13-7-3-4-8-16-13/h1-2,5-6,13H,3-4,7-9H2. The van der Waals surface area contributed by atoms with Gasteiger partial charge in [-0.3, -0.25) is 4.79 Å². The maximum absolute atomic E-state index is 11.7. The van der Waals surface area contributed by atoms with Gasteiger partial charge < -0.3 is 9.47 Å². The van der Waals surface area contributed by atoms with Crippen molar-refractivity contribution in [2.45, 2.75) is 32.0 Å². The van der Waals surface area contributed by atoms with Crippen LogP contribution in [0, 0.1) is 0 Å². The van der Waals surface area contributed by atoms with E-state index in [2.05, 4.69) is 0 Å². The molecular formula is C13H15ClO3. The average Bonchev–Trinajstić information content (AvgIpc) is 2.33. The maximum Gasteiger partial charge on any atom is 0.312 e. The number of ether oxygens (including phenoxy) is 2. The molecule has 0 bridgehead atoms. The Morgan fingerprint density at radius 2 is 2.24 bits per heavy atom. The van der Waals surface area contributed by atoms with E-state index in [4.69, 9.17) is 21.1 Å². The molecule has 0 N–H and O–H groups in total. The highest BCUT2D eigenvalue weighted by atomic mass is 35.5. The molecule has 1 aliphatic heterocycles. The third-order valence-corrected chi connectivity index (χ3v) is 3.06. The van der Waals surface area contributed by atoms with Crippen LogP contribution >= 0.6 is 11.6 Å². The van der Waals surface area contributed by atoms with E-state index in [1.54, 1.807) is 6.07 Å². The van der Waals surface area contributed by atoms with Crippen molar-refractivity contribution in [1.82, 2.24) is 0 Å². The second-order valence-corrected chi connectivity index (χ2v) is 4.46. The monoisotopic (exact) mass is 254 g/mol. The third-order valence-electron chi connectivity index (χ3n) is 2.69. The summed E-state index contributed by atoms with van der Waals surface area (Å²) in [5.74, 6) is -0.287. The summed E-state index contributed by atoms with van der Waals surface area (Å²) < 4.78 is 10.6. The first-order valence-corrected chi connectivity index (χ1v) is 6.18. The van der Waals surface area contributed by atoms with Crippen LogP contribution in [0.5, 0.6) is 0 Å². The van der Waals surface area contributed by atoms with E-state index in [9.17, 15) is 4.79 Å². The third kappa shape index (κ3) is 3.72. The molecule has 1 saturated heterocycles. The van der Waals surface area contributed by atoms with Crippen LogP contribution in [0.15, 0.2) is 24.3 Å². The van der Waals surface area contributed by atoms with Crippen molar-refractivity contribution < 1.29 is 14.3 Å². The SMILES string of the molecule is O=C(Cc1ccccc1Cl)OC1CCCCO1. The predicted octanol–water partition coefficient (Wildman–Crippen LogP) is 2.95.